The molecule has 1 heterocycles. The number of aromatic nitrogens is 1. The Labute approximate surface area is 117 Å². The van der Waals surface area contributed by atoms with E-state index in [1.54, 1.807) is 18.3 Å². The second-order valence-corrected chi connectivity index (χ2v) is 5.22. The highest BCUT2D eigenvalue weighted by atomic mass is 79.9. The van der Waals surface area contributed by atoms with Gasteiger partial charge in [-0.2, -0.15) is 13.2 Å². The summed E-state index contributed by atoms with van der Waals surface area (Å²) >= 11 is 3.42. The highest BCUT2D eigenvalue weighted by Crippen LogP contribution is 2.33. The lowest BCUT2D eigenvalue weighted by molar-refractivity contribution is -0.137. The largest absolute Gasteiger partial charge is 0.416 e. The van der Waals surface area contributed by atoms with E-state index in [1.807, 2.05) is 12.1 Å². The lowest BCUT2D eigenvalue weighted by atomic mass is 10.0. The quantitative estimate of drug-likeness (QED) is 0.738. The third kappa shape index (κ3) is 3.80. The van der Waals surface area contributed by atoms with Crippen molar-refractivity contribution in [3.63, 3.8) is 0 Å². The van der Waals surface area contributed by atoms with Crippen LogP contribution in [0.3, 0.4) is 0 Å². The van der Waals surface area contributed by atoms with E-state index < -0.39 is 11.7 Å². The van der Waals surface area contributed by atoms with Gasteiger partial charge >= 0.3 is 6.18 Å². The zero-order valence-corrected chi connectivity index (χ0v) is 11.4. The van der Waals surface area contributed by atoms with Crippen LogP contribution < -0.4 is 0 Å². The molecule has 1 unspecified atom stereocenters. The summed E-state index contributed by atoms with van der Waals surface area (Å²) < 4.78 is 37.9. The molecule has 0 saturated heterocycles. The van der Waals surface area contributed by atoms with Crippen LogP contribution in [0.1, 0.15) is 21.6 Å². The summed E-state index contributed by atoms with van der Waals surface area (Å²) in [5.74, 6) is 0. The summed E-state index contributed by atoms with van der Waals surface area (Å²) in [5, 5.41) is 0. The van der Waals surface area contributed by atoms with Crippen molar-refractivity contribution in [2.45, 2.75) is 17.4 Å². The average molecular weight is 330 g/mol. The van der Waals surface area contributed by atoms with E-state index in [2.05, 4.69) is 20.9 Å². The molecule has 19 heavy (non-hydrogen) atoms. The van der Waals surface area contributed by atoms with Crippen LogP contribution >= 0.6 is 15.9 Å². The molecule has 100 valence electrons. The van der Waals surface area contributed by atoms with E-state index in [0.29, 0.717) is 12.0 Å². The second kappa shape index (κ2) is 5.74. The van der Waals surface area contributed by atoms with Crippen molar-refractivity contribution >= 4 is 15.9 Å². The summed E-state index contributed by atoms with van der Waals surface area (Å²) in [6.07, 6.45) is -2.10. The highest BCUT2D eigenvalue weighted by molar-refractivity contribution is 9.09. The Bertz CT molecular complexity index is 540. The molecule has 0 saturated carbocycles. The Morgan fingerprint density at radius 2 is 1.89 bits per heavy atom. The van der Waals surface area contributed by atoms with Crippen molar-refractivity contribution in [1.82, 2.24) is 4.98 Å². The second-order valence-electron chi connectivity index (χ2n) is 4.12. The number of pyridine rings is 1. The molecule has 1 nitrogen and oxygen atoms in total. The molecule has 1 atom stereocenters. The van der Waals surface area contributed by atoms with E-state index in [9.17, 15) is 13.2 Å². The van der Waals surface area contributed by atoms with Crippen LogP contribution in [0.15, 0.2) is 48.7 Å². The molecule has 0 N–H and O–H groups in total. The third-order valence-corrected chi connectivity index (χ3v) is 3.54. The van der Waals surface area contributed by atoms with Gasteiger partial charge in [0.15, 0.2) is 0 Å². The number of nitrogens with zero attached hydrogens (tertiary/aromatic N) is 1. The van der Waals surface area contributed by atoms with Crippen LogP contribution in [0.2, 0.25) is 0 Å². The molecule has 5 heteroatoms. The Kier molecular flexibility index (Phi) is 4.24. The average Bonchev–Trinajstić information content (AvgIpc) is 2.39. The van der Waals surface area contributed by atoms with Gasteiger partial charge < -0.3 is 0 Å². The molecule has 2 rings (SSSR count). The van der Waals surface area contributed by atoms with Crippen molar-refractivity contribution in [3.8, 4) is 0 Å². The van der Waals surface area contributed by atoms with Gasteiger partial charge in [0.2, 0.25) is 0 Å². The van der Waals surface area contributed by atoms with Gasteiger partial charge in [-0.1, -0.05) is 40.2 Å². The molecular formula is C14H11BrF3N. The zero-order chi connectivity index (χ0) is 13.9. The standard InChI is InChI=1S/C14H11BrF3N/c15-13(9-12-6-1-2-7-19-12)10-4-3-5-11(8-10)14(16,17)18/h1-8,13H,9H2. The molecule has 0 aliphatic carbocycles. The fraction of sp³-hybridized carbons (Fsp3) is 0.214. The topological polar surface area (TPSA) is 12.9 Å². The first-order chi connectivity index (χ1) is 8.97. The fourth-order valence-corrected chi connectivity index (χ4v) is 2.35. The van der Waals surface area contributed by atoms with Crippen molar-refractivity contribution in [3.05, 3.63) is 65.5 Å². The van der Waals surface area contributed by atoms with Gasteiger partial charge in [-0.15, -0.1) is 0 Å². The molecular weight excluding hydrogens is 319 g/mol. The minimum Gasteiger partial charge on any atom is -0.261 e. The molecule has 0 aliphatic heterocycles. The van der Waals surface area contributed by atoms with Crippen LogP contribution in [0.25, 0.3) is 0 Å². The number of halogens is 4. The summed E-state index contributed by atoms with van der Waals surface area (Å²) in [4.78, 5) is 3.97. The molecule has 0 spiro atoms. The van der Waals surface area contributed by atoms with Crippen molar-refractivity contribution in [1.29, 1.82) is 0 Å². The molecule has 0 amide bonds. The first-order valence-electron chi connectivity index (χ1n) is 5.68. The van der Waals surface area contributed by atoms with Crippen LogP contribution in [0.5, 0.6) is 0 Å². The molecule has 0 fully saturated rings. The van der Waals surface area contributed by atoms with Crippen LogP contribution in [-0.2, 0) is 12.6 Å². The number of benzene rings is 1. The summed E-state index contributed by atoms with van der Waals surface area (Å²) in [5.41, 5.74) is 0.803. The molecule has 1 aromatic carbocycles. The van der Waals surface area contributed by atoms with Crippen LogP contribution in [-0.4, -0.2) is 4.98 Å². The first kappa shape index (κ1) is 14.1. The molecule has 0 radical (unpaired) electrons. The number of hydrogen-bond acceptors (Lipinski definition) is 1. The Balaban J connectivity index is 2.18. The number of alkyl halides is 4. The monoisotopic (exact) mass is 329 g/mol. The van der Waals surface area contributed by atoms with E-state index in [0.717, 1.165) is 11.8 Å². The van der Waals surface area contributed by atoms with Gasteiger partial charge in [0, 0.05) is 23.1 Å². The summed E-state index contributed by atoms with van der Waals surface area (Å²) in [6, 6.07) is 10.8. The fourth-order valence-electron chi connectivity index (χ4n) is 1.73. The van der Waals surface area contributed by atoms with Crippen molar-refractivity contribution in [2.75, 3.05) is 0 Å². The van der Waals surface area contributed by atoms with E-state index in [-0.39, 0.29) is 4.83 Å². The van der Waals surface area contributed by atoms with Gasteiger partial charge in [0.05, 0.1) is 5.56 Å². The third-order valence-electron chi connectivity index (χ3n) is 2.69. The van der Waals surface area contributed by atoms with Gasteiger partial charge in [-0.25, -0.2) is 0 Å². The Hall–Kier alpha value is -1.36. The number of rotatable bonds is 3. The summed E-state index contributed by atoms with van der Waals surface area (Å²) in [7, 11) is 0. The maximum Gasteiger partial charge on any atom is 0.416 e. The van der Waals surface area contributed by atoms with E-state index >= 15 is 0 Å². The molecule has 0 aliphatic rings. The predicted molar refractivity (Wildman–Crippen MR) is 71.1 cm³/mol. The van der Waals surface area contributed by atoms with Gasteiger partial charge in [-0.3, -0.25) is 4.98 Å². The minimum atomic E-state index is -4.31. The lowest BCUT2D eigenvalue weighted by Crippen LogP contribution is -2.06. The van der Waals surface area contributed by atoms with E-state index in [1.165, 1.54) is 12.1 Å². The first-order valence-corrected chi connectivity index (χ1v) is 6.59. The van der Waals surface area contributed by atoms with Gasteiger partial charge in [-0.05, 0) is 23.8 Å². The van der Waals surface area contributed by atoms with Gasteiger partial charge in [0.1, 0.15) is 0 Å². The molecule has 1 aromatic heterocycles. The zero-order valence-electron chi connectivity index (χ0n) is 9.86. The normalized spacial score (nSPS) is 13.3. The maximum atomic E-state index is 12.6. The van der Waals surface area contributed by atoms with E-state index in [4.69, 9.17) is 0 Å². The molecule has 0 bridgehead atoms. The van der Waals surface area contributed by atoms with Gasteiger partial charge in [0.25, 0.3) is 0 Å². The SMILES string of the molecule is FC(F)(F)c1cccc(C(Br)Cc2ccccn2)c1. The smallest absolute Gasteiger partial charge is 0.261 e. The minimum absolute atomic E-state index is 0.190. The Morgan fingerprint density at radius 1 is 1.11 bits per heavy atom. The highest BCUT2D eigenvalue weighted by Gasteiger charge is 2.30. The van der Waals surface area contributed by atoms with Crippen molar-refractivity contribution in [2.24, 2.45) is 0 Å². The Morgan fingerprint density at radius 3 is 2.53 bits per heavy atom. The summed E-state index contributed by atoms with van der Waals surface area (Å²) in [6.45, 7) is 0. The predicted octanol–water partition coefficient (Wildman–Crippen LogP) is 4.78. The van der Waals surface area contributed by atoms with Crippen molar-refractivity contribution < 1.29 is 13.2 Å². The lowest BCUT2D eigenvalue weighted by Gasteiger charge is -2.13. The maximum absolute atomic E-state index is 12.6. The van der Waals surface area contributed by atoms with Crippen LogP contribution in [0.4, 0.5) is 13.2 Å². The molecule has 2 aromatic rings. The van der Waals surface area contributed by atoms with Crippen LogP contribution in [0, 0.1) is 0 Å². The number of hydrogen-bond donors (Lipinski definition) is 0.